The Balaban J connectivity index is 0. The van der Waals surface area contributed by atoms with Crippen molar-refractivity contribution in [2.75, 3.05) is 6.54 Å². The van der Waals surface area contributed by atoms with Gasteiger partial charge in [-0.1, -0.05) is 47.5 Å². The van der Waals surface area contributed by atoms with Gasteiger partial charge in [0.1, 0.15) is 0 Å². The molecule has 2 unspecified atom stereocenters. The Morgan fingerprint density at radius 3 is 2.28 bits per heavy atom. The van der Waals surface area contributed by atoms with Crippen LogP contribution < -0.4 is 11.1 Å². The zero-order valence-corrected chi connectivity index (χ0v) is 13.4. The number of unbranched alkanes of at least 4 members (excludes halogenated alkanes) is 1. The average Bonchev–Trinajstić information content (AvgIpc) is 2.24. The quantitative estimate of drug-likeness (QED) is 0.703. The molecule has 0 saturated carbocycles. The second kappa shape index (κ2) is 9.62. The Bertz CT molecular complexity index is 226. The Labute approximate surface area is 119 Å². The maximum atomic E-state index is 11.7. The number of nitrogens with two attached hydrogens (primary N) is 1. The molecule has 0 aliphatic heterocycles. The van der Waals surface area contributed by atoms with Crippen LogP contribution in [0.15, 0.2) is 0 Å². The van der Waals surface area contributed by atoms with E-state index in [9.17, 15) is 4.79 Å². The lowest BCUT2D eigenvalue weighted by Gasteiger charge is -2.19. The summed E-state index contributed by atoms with van der Waals surface area (Å²) in [7, 11) is 0. The highest BCUT2D eigenvalue weighted by atomic mass is 35.5. The van der Waals surface area contributed by atoms with E-state index in [0.717, 1.165) is 25.8 Å². The molecule has 0 aliphatic carbocycles. The minimum absolute atomic E-state index is 0. The number of carbonyl (C=O) groups excluding carboxylic acids is 1. The minimum atomic E-state index is -0.359. The van der Waals surface area contributed by atoms with Gasteiger partial charge in [0.05, 0.1) is 6.04 Å². The van der Waals surface area contributed by atoms with Crippen molar-refractivity contribution in [3.05, 3.63) is 0 Å². The summed E-state index contributed by atoms with van der Waals surface area (Å²) >= 11 is 0. The van der Waals surface area contributed by atoms with Crippen molar-refractivity contribution in [2.45, 2.75) is 66.3 Å². The normalized spacial score (nSPS) is 14.6. The SMILES string of the molecule is CCC(C)C(N)C(=O)NCCCCC(C)(C)C.Cl. The van der Waals surface area contributed by atoms with Gasteiger partial charge in [0, 0.05) is 6.54 Å². The first-order valence-corrected chi connectivity index (χ1v) is 6.81. The van der Waals surface area contributed by atoms with Gasteiger partial charge in [-0.05, 0) is 24.2 Å². The standard InChI is InChI=1S/C14H30N2O.ClH/c1-6-11(2)12(15)13(17)16-10-8-7-9-14(3,4)5;/h11-12H,6-10,15H2,1-5H3,(H,16,17);1H. The van der Waals surface area contributed by atoms with E-state index in [1.54, 1.807) is 0 Å². The molecule has 0 fully saturated rings. The molecule has 0 aromatic heterocycles. The number of amides is 1. The van der Waals surface area contributed by atoms with Crippen LogP contribution in [0.25, 0.3) is 0 Å². The number of carbonyl (C=O) groups is 1. The molecular formula is C14H31ClN2O. The molecule has 0 aliphatic rings. The highest BCUT2D eigenvalue weighted by molar-refractivity contribution is 5.85. The van der Waals surface area contributed by atoms with E-state index in [2.05, 4.69) is 33.0 Å². The zero-order chi connectivity index (χ0) is 13.5. The van der Waals surface area contributed by atoms with E-state index in [4.69, 9.17) is 5.73 Å². The average molecular weight is 279 g/mol. The minimum Gasteiger partial charge on any atom is -0.355 e. The molecule has 0 saturated heterocycles. The number of nitrogens with one attached hydrogen (secondary N) is 1. The van der Waals surface area contributed by atoms with Crippen LogP contribution >= 0.6 is 12.4 Å². The predicted molar refractivity (Wildman–Crippen MR) is 81.0 cm³/mol. The van der Waals surface area contributed by atoms with Gasteiger partial charge in [0.2, 0.25) is 5.91 Å². The van der Waals surface area contributed by atoms with E-state index in [-0.39, 0.29) is 30.3 Å². The smallest absolute Gasteiger partial charge is 0.237 e. The summed E-state index contributed by atoms with van der Waals surface area (Å²) in [4.78, 5) is 11.7. The topological polar surface area (TPSA) is 55.1 Å². The molecule has 18 heavy (non-hydrogen) atoms. The van der Waals surface area contributed by atoms with Crippen molar-refractivity contribution in [2.24, 2.45) is 17.1 Å². The number of hydrogen-bond donors (Lipinski definition) is 2. The Hall–Kier alpha value is -0.280. The van der Waals surface area contributed by atoms with Crippen molar-refractivity contribution < 1.29 is 4.79 Å². The number of halogens is 1. The van der Waals surface area contributed by atoms with Gasteiger partial charge in [-0.2, -0.15) is 0 Å². The van der Waals surface area contributed by atoms with Gasteiger partial charge in [0.15, 0.2) is 0 Å². The van der Waals surface area contributed by atoms with Crippen LogP contribution in [-0.2, 0) is 4.79 Å². The monoisotopic (exact) mass is 278 g/mol. The molecule has 0 aromatic rings. The van der Waals surface area contributed by atoms with Gasteiger partial charge in [-0.15, -0.1) is 12.4 Å². The molecule has 0 rings (SSSR count). The third kappa shape index (κ3) is 9.72. The molecule has 110 valence electrons. The van der Waals surface area contributed by atoms with Crippen LogP contribution in [0.5, 0.6) is 0 Å². The molecule has 0 radical (unpaired) electrons. The van der Waals surface area contributed by atoms with Crippen LogP contribution in [0.1, 0.15) is 60.3 Å². The van der Waals surface area contributed by atoms with Crippen molar-refractivity contribution in [3.63, 3.8) is 0 Å². The summed E-state index contributed by atoms with van der Waals surface area (Å²) in [5.74, 6) is 0.250. The van der Waals surface area contributed by atoms with Gasteiger partial charge in [-0.25, -0.2) is 0 Å². The lowest BCUT2D eigenvalue weighted by Crippen LogP contribution is -2.44. The van der Waals surface area contributed by atoms with Gasteiger partial charge >= 0.3 is 0 Å². The molecule has 0 aromatic carbocycles. The van der Waals surface area contributed by atoms with E-state index in [0.29, 0.717) is 5.41 Å². The number of hydrogen-bond acceptors (Lipinski definition) is 2. The summed E-state index contributed by atoms with van der Waals surface area (Å²) in [6.07, 6.45) is 4.33. The maximum Gasteiger partial charge on any atom is 0.237 e. The van der Waals surface area contributed by atoms with E-state index < -0.39 is 0 Å². The first-order chi connectivity index (χ1) is 7.78. The Morgan fingerprint density at radius 1 is 1.28 bits per heavy atom. The lowest BCUT2D eigenvalue weighted by molar-refractivity contribution is -0.123. The first-order valence-electron chi connectivity index (χ1n) is 6.81. The first kappa shape index (κ1) is 20.0. The fourth-order valence-corrected chi connectivity index (χ4v) is 1.62. The highest BCUT2D eigenvalue weighted by Crippen LogP contribution is 2.21. The van der Waals surface area contributed by atoms with Gasteiger partial charge < -0.3 is 11.1 Å². The summed E-state index contributed by atoms with van der Waals surface area (Å²) in [5, 5.41) is 2.92. The van der Waals surface area contributed by atoms with Crippen LogP contribution in [-0.4, -0.2) is 18.5 Å². The predicted octanol–water partition coefficient (Wildman–Crippen LogP) is 3.11. The lowest BCUT2D eigenvalue weighted by atomic mass is 9.90. The summed E-state index contributed by atoms with van der Waals surface area (Å²) in [5.41, 5.74) is 6.23. The van der Waals surface area contributed by atoms with Crippen LogP contribution in [0, 0.1) is 11.3 Å². The van der Waals surface area contributed by atoms with E-state index in [1.165, 1.54) is 6.42 Å². The third-order valence-electron chi connectivity index (χ3n) is 3.21. The zero-order valence-electron chi connectivity index (χ0n) is 12.6. The fraction of sp³-hybridized carbons (Fsp3) is 0.929. The van der Waals surface area contributed by atoms with Crippen molar-refractivity contribution in [3.8, 4) is 0 Å². The van der Waals surface area contributed by atoms with Crippen LogP contribution in [0.2, 0.25) is 0 Å². The largest absolute Gasteiger partial charge is 0.355 e. The maximum absolute atomic E-state index is 11.7. The highest BCUT2D eigenvalue weighted by Gasteiger charge is 2.18. The van der Waals surface area contributed by atoms with Crippen LogP contribution in [0.4, 0.5) is 0 Å². The second-order valence-corrected chi connectivity index (χ2v) is 6.22. The molecule has 4 heteroatoms. The molecule has 1 amide bonds. The van der Waals surface area contributed by atoms with Crippen LogP contribution in [0.3, 0.4) is 0 Å². The van der Waals surface area contributed by atoms with Gasteiger partial charge in [-0.3, -0.25) is 4.79 Å². The third-order valence-corrected chi connectivity index (χ3v) is 3.21. The second-order valence-electron chi connectivity index (χ2n) is 6.22. The Kier molecular flexibility index (Phi) is 10.7. The molecule has 0 bridgehead atoms. The fourth-order valence-electron chi connectivity index (χ4n) is 1.62. The number of rotatable bonds is 7. The molecule has 3 nitrogen and oxygen atoms in total. The summed E-state index contributed by atoms with van der Waals surface area (Å²) < 4.78 is 0. The molecule has 0 spiro atoms. The summed E-state index contributed by atoms with van der Waals surface area (Å²) in [6, 6.07) is -0.359. The Morgan fingerprint density at radius 2 is 1.83 bits per heavy atom. The molecule has 0 heterocycles. The molecule has 2 atom stereocenters. The van der Waals surface area contributed by atoms with Crippen molar-refractivity contribution >= 4 is 18.3 Å². The molecular weight excluding hydrogens is 248 g/mol. The van der Waals surface area contributed by atoms with E-state index >= 15 is 0 Å². The van der Waals surface area contributed by atoms with Crippen molar-refractivity contribution in [1.29, 1.82) is 0 Å². The van der Waals surface area contributed by atoms with Gasteiger partial charge in [0.25, 0.3) is 0 Å². The van der Waals surface area contributed by atoms with E-state index in [1.807, 2.05) is 6.92 Å². The van der Waals surface area contributed by atoms with Crippen molar-refractivity contribution in [1.82, 2.24) is 5.32 Å². The molecule has 3 N–H and O–H groups in total. The summed E-state index contributed by atoms with van der Waals surface area (Å²) in [6.45, 7) is 11.5.